The van der Waals surface area contributed by atoms with Crippen molar-refractivity contribution in [3.05, 3.63) is 0 Å². The van der Waals surface area contributed by atoms with E-state index in [2.05, 4.69) is 35.2 Å². The zero-order chi connectivity index (χ0) is 13.0. The fraction of sp³-hybridized carbons (Fsp3) is 0.929. The predicted molar refractivity (Wildman–Crippen MR) is 73.3 cm³/mol. The van der Waals surface area contributed by atoms with Gasteiger partial charge in [-0.2, -0.15) is 5.26 Å². The van der Waals surface area contributed by atoms with E-state index >= 15 is 0 Å². The van der Waals surface area contributed by atoms with Gasteiger partial charge in [-0.15, -0.1) is 0 Å². The Kier molecular flexibility index (Phi) is 4.99. The maximum atomic E-state index is 9.05. The molecular weight excluding hydrogens is 224 g/mol. The SMILES string of the molecule is CCNC(C#N)CCN1CCC2CCC(C1)N2C. The number of hydrogen-bond acceptors (Lipinski definition) is 4. The molecule has 0 amide bonds. The highest BCUT2D eigenvalue weighted by Crippen LogP contribution is 2.28. The van der Waals surface area contributed by atoms with Crippen molar-refractivity contribution in [3.63, 3.8) is 0 Å². The average Bonchev–Trinajstić information content (AvgIpc) is 2.61. The molecule has 0 aromatic heterocycles. The Morgan fingerprint density at radius 2 is 2.11 bits per heavy atom. The monoisotopic (exact) mass is 250 g/mol. The van der Waals surface area contributed by atoms with Gasteiger partial charge in [0.05, 0.1) is 12.1 Å². The summed E-state index contributed by atoms with van der Waals surface area (Å²) in [7, 11) is 2.28. The summed E-state index contributed by atoms with van der Waals surface area (Å²) in [5, 5.41) is 12.3. The van der Waals surface area contributed by atoms with Crippen LogP contribution in [0.2, 0.25) is 0 Å². The lowest BCUT2D eigenvalue weighted by Gasteiger charge is -2.26. The van der Waals surface area contributed by atoms with Crippen molar-refractivity contribution in [2.45, 2.75) is 50.7 Å². The second-order valence-corrected chi connectivity index (χ2v) is 5.67. The van der Waals surface area contributed by atoms with Crippen molar-refractivity contribution >= 4 is 0 Å². The summed E-state index contributed by atoms with van der Waals surface area (Å²) in [6, 6.07) is 3.93. The second kappa shape index (κ2) is 6.51. The molecule has 102 valence electrons. The van der Waals surface area contributed by atoms with Gasteiger partial charge in [0.15, 0.2) is 0 Å². The van der Waals surface area contributed by atoms with Crippen molar-refractivity contribution in [1.29, 1.82) is 5.26 Å². The molecule has 2 heterocycles. The zero-order valence-electron chi connectivity index (χ0n) is 11.7. The zero-order valence-corrected chi connectivity index (χ0v) is 11.7. The number of likely N-dealkylation sites (tertiary alicyclic amines) is 1. The summed E-state index contributed by atoms with van der Waals surface area (Å²) in [6.07, 6.45) is 4.98. The van der Waals surface area contributed by atoms with Gasteiger partial charge in [0.2, 0.25) is 0 Å². The standard InChI is InChI=1S/C14H26N4/c1-3-16-12(10-15)6-8-18-9-7-13-4-5-14(11-18)17(13)2/h12-14,16H,3-9,11H2,1-2H3. The maximum absolute atomic E-state index is 9.05. The van der Waals surface area contributed by atoms with Gasteiger partial charge in [0, 0.05) is 25.2 Å². The average molecular weight is 250 g/mol. The number of hydrogen-bond donors (Lipinski definition) is 1. The van der Waals surface area contributed by atoms with E-state index in [1.54, 1.807) is 0 Å². The van der Waals surface area contributed by atoms with E-state index in [0.29, 0.717) is 0 Å². The second-order valence-electron chi connectivity index (χ2n) is 5.67. The largest absolute Gasteiger partial charge is 0.302 e. The Morgan fingerprint density at radius 3 is 2.83 bits per heavy atom. The van der Waals surface area contributed by atoms with E-state index in [1.165, 1.54) is 32.4 Å². The number of nitrogens with one attached hydrogen (secondary N) is 1. The topological polar surface area (TPSA) is 42.3 Å². The van der Waals surface area contributed by atoms with Crippen LogP contribution < -0.4 is 5.32 Å². The first-order valence-corrected chi connectivity index (χ1v) is 7.32. The maximum Gasteiger partial charge on any atom is 0.0965 e. The molecular formula is C14H26N4. The normalized spacial score (nSPS) is 30.9. The third kappa shape index (κ3) is 3.23. The van der Waals surface area contributed by atoms with Gasteiger partial charge in [-0.1, -0.05) is 6.92 Å². The van der Waals surface area contributed by atoms with Crippen molar-refractivity contribution in [2.75, 3.05) is 33.2 Å². The summed E-state index contributed by atoms with van der Waals surface area (Å²) >= 11 is 0. The molecule has 0 spiro atoms. The minimum atomic E-state index is 0.0215. The van der Waals surface area contributed by atoms with Gasteiger partial charge in [-0.3, -0.25) is 4.90 Å². The molecule has 2 rings (SSSR count). The van der Waals surface area contributed by atoms with E-state index in [0.717, 1.165) is 31.6 Å². The molecule has 3 unspecified atom stereocenters. The molecule has 0 radical (unpaired) electrons. The minimum absolute atomic E-state index is 0.0215. The van der Waals surface area contributed by atoms with Crippen LogP contribution in [0.5, 0.6) is 0 Å². The van der Waals surface area contributed by atoms with Crippen LogP contribution in [0.3, 0.4) is 0 Å². The number of rotatable bonds is 5. The molecule has 2 fully saturated rings. The van der Waals surface area contributed by atoms with Crippen molar-refractivity contribution in [3.8, 4) is 6.07 Å². The van der Waals surface area contributed by atoms with Crippen LogP contribution in [0.25, 0.3) is 0 Å². The summed E-state index contributed by atoms with van der Waals surface area (Å²) in [5.41, 5.74) is 0. The van der Waals surface area contributed by atoms with Crippen LogP contribution in [0.4, 0.5) is 0 Å². The highest BCUT2D eigenvalue weighted by atomic mass is 15.3. The van der Waals surface area contributed by atoms with Crippen LogP contribution in [0, 0.1) is 11.3 Å². The van der Waals surface area contributed by atoms with Crippen molar-refractivity contribution in [1.82, 2.24) is 15.1 Å². The Morgan fingerprint density at radius 1 is 1.33 bits per heavy atom. The van der Waals surface area contributed by atoms with Gasteiger partial charge < -0.3 is 10.2 Å². The van der Waals surface area contributed by atoms with E-state index in [-0.39, 0.29) is 6.04 Å². The van der Waals surface area contributed by atoms with Gasteiger partial charge in [0.1, 0.15) is 0 Å². The van der Waals surface area contributed by atoms with Gasteiger partial charge in [-0.05, 0) is 45.8 Å². The van der Waals surface area contributed by atoms with E-state index in [4.69, 9.17) is 5.26 Å². The molecule has 3 atom stereocenters. The lowest BCUT2D eigenvalue weighted by atomic mass is 10.1. The number of nitriles is 1. The molecule has 0 saturated carbocycles. The Labute approximate surface area is 111 Å². The summed E-state index contributed by atoms with van der Waals surface area (Å²) < 4.78 is 0. The lowest BCUT2D eigenvalue weighted by Crippen LogP contribution is -2.39. The van der Waals surface area contributed by atoms with Crippen LogP contribution in [0.1, 0.15) is 32.6 Å². The first kappa shape index (κ1) is 13.8. The predicted octanol–water partition coefficient (Wildman–Crippen LogP) is 1.05. The smallest absolute Gasteiger partial charge is 0.0965 e. The highest BCUT2D eigenvalue weighted by Gasteiger charge is 2.34. The first-order chi connectivity index (χ1) is 8.74. The third-order valence-electron chi connectivity index (χ3n) is 4.57. The summed E-state index contributed by atoms with van der Waals surface area (Å²) in [4.78, 5) is 5.13. The van der Waals surface area contributed by atoms with Crippen molar-refractivity contribution in [2.24, 2.45) is 0 Å². The Bertz CT molecular complexity index is 299. The molecule has 1 N–H and O–H groups in total. The van der Waals surface area contributed by atoms with Crippen LogP contribution >= 0.6 is 0 Å². The Balaban J connectivity index is 1.79. The van der Waals surface area contributed by atoms with E-state index in [1.807, 2.05) is 0 Å². The lowest BCUT2D eigenvalue weighted by molar-refractivity contribution is 0.215. The molecule has 0 aromatic carbocycles. The third-order valence-corrected chi connectivity index (χ3v) is 4.57. The highest BCUT2D eigenvalue weighted by molar-refractivity contribution is 4.93. The summed E-state index contributed by atoms with van der Waals surface area (Å²) in [6.45, 7) is 6.39. The van der Waals surface area contributed by atoms with Crippen LogP contribution in [0.15, 0.2) is 0 Å². The molecule has 2 aliphatic heterocycles. The molecule has 2 bridgehead atoms. The molecule has 4 nitrogen and oxygen atoms in total. The summed E-state index contributed by atoms with van der Waals surface area (Å²) in [5.74, 6) is 0. The minimum Gasteiger partial charge on any atom is -0.302 e. The van der Waals surface area contributed by atoms with Gasteiger partial charge in [0.25, 0.3) is 0 Å². The quantitative estimate of drug-likeness (QED) is 0.792. The number of fused-ring (bicyclic) bond motifs is 2. The first-order valence-electron chi connectivity index (χ1n) is 7.32. The fourth-order valence-electron chi connectivity index (χ4n) is 3.35. The Hall–Kier alpha value is -0.630. The molecule has 0 aliphatic carbocycles. The fourth-order valence-corrected chi connectivity index (χ4v) is 3.35. The van der Waals surface area contributed by atoms with Crippen LogP contribution in [-0.4, -0.2) is 61.2 Å². The van der Waals surface area contributed by atoms with Gasteiger partial charge in [-0.25, -0.2) is 0 Å². The van der Waals surface area contributed by atoms with E-state index in [9.17, 15) is 0 Å². The molecule has 0 aromatic rings. The molecule has 18 heavy (non-hydrogen) atoms. The molecule has 4 heteroatoms. The van der Waals surface area contributed by atoms with Crippen molar-refractivity contribution < 1.29 is 0 Å². The molecule has 2 aliphatic rings. The number of nitrogens with zero attached hydrogens (tertiary/aromatic N) is 3. The molecule has 2 saturated heterocycles. The van der Waals surface area contributed by atoms with Crippen LogP contribution in [-0.2, 0) is 0 Å². The van der Waals surface area contributed by atoms with E-state index < -0.39 is 0 Å². The number of likely N-dealkylation sites (N-methyl/N-ethyl adjacent to an activating group) is 1. The van der Waals surface area contributed by atoms with Gasteiger partial charge >= 0.3 is 0 Å².